The second-order valence-corrected chi connectivity index (χ2v) is 8.01. The van der Waals surface area contributed by atoms with Gasteiger partial charge in [0.2, 0.25) is 5.91 Å². The number of benzene rings is 3. The van der Waals surface area contributed by atoms with Crippen LogP contribution in [-0.4, -0.2) is 42.4 Å². The van der Waals surface area contributed by atoms with E-state index in [2.05, 4.69) is 0 Å². The van der Waals surface area contributed by atoms with Crippen LogP contribution >= 0.6 is 0 Å². The summed E-state index contributed by atoms with van der Waals surface area (Å²) < 4.78 is 24.5. The third-order valence-corrected chi connectivity index (χ3v) is 5.75. The van der Waals surface area contributed by atoms with Crippen molar-refractivity contribution in [2.75, 3.05) is 18.6 Å². The van der Waals surface area contributed by atoms with Crippen LogP contribution in [0, 0.1) is 5.82 Å². The molecule has 4 rings (SSSR count). The molecule has 0 saturated carbocycles. The summed E-state index contributed by atoms with van der Waals surface area (Å²) in [6.07, 6.45) is -0.177. The Morgan fingerprint density at radius 2 is 1.71 bits per heavy atom. The van der Waals surface area contributed by atoms with Gasteiger partial charge in [0.1, 0.15) is 23.4 Å². The van der Waals surface area contributed by atoms with E-state index in [1.165, 1.54) is 23.1 Å². The first-order chi connectivity index (χ1) is 16.9. The third kappa shape index (κ3) is 5.16. The molecule has 3 amide bonds. The topological polar surface area (TPSA) is 76.2 Å². The van der Waals surface area contributed by atoms with E-state index in [-0.39, 0.29) is 18.5 Å². The Morgan fingerprint density at radius 3 is 2.34 bits per heavy atom. The molecule has 0 bridgehead atoms. The van der Waals surface area contributed by atoms with Crippen molar-refractivity contribution in [3.05, 3.63) is 89.7 Å². The van der Waals surface area contributed by atoms with Gasteiger partial charge in [0.05, 0.1) is 25.8 Å². The molecule has 3 aromatic rings. The first kappa shape index (κ1) is 23.9. The predicted octanol–water partition coefficient (Wildman–Crippen LogP) is 4.21. The van der Waals surface area contributed by atoms with Crippen molar-refractivity contribution in [2.45, 2.75) is 25.9 Å². The molecular formula is C27H25FN2O5. The summed E-state index contributed by atoms with van der Waals surface area (Å²) in [6, 6.07) is 17.9. The minimum absolute atomic E-state index is 0.0557. The fourth-order valence-electron chi connectivity index (χ4n) is 4.03. The van der Waals surface area contributed by atoms with Crippen LogP contribution in [0.2, 0.25) is 0 Å². The molecular weight excluding hydrogens is 451 g/mol. The lowest BCUT2D eigenvalue weighted by atomic mass is 10.1. The number of halogens is 1. The fraction of sp³-hybridized carbons (Fsp3) is 0.222. The van der Waals surface area contributed by atoms with Crippen molar-refractivity contribution in [3.8, 4) is 11.5 Å². The first-order valence-corrected chi connectivity index (χ1v) is 11.2. The highest BCUT2D eigenvalue weighted by Gasteiger charge is 2.44. The van der Waals surface area contributed by atoms with Gasteiger partial charge in [-0.1, -0.05) is 18.2 Å². The van der Waals surface area contributed by atoms with Crippen LogP contribution in [0.25, 0.3) is 0 Å². The number of rotatable bonds is 8. The number of methoxy groups -OCH3 is 1. The Morgan fingerprint density at radius 1 is 1.03 bits per heavy atom. The van der Waals surface area contributed by atoms with Gasteiger partial charge < -0.3 is 14.4 Å². The van der Waals surface area contributed by atoms with E-state index < -0.39 is 29.6 Å². The number of hydrogen-bond acceptors (Lipinski definition) is 5. The Balaban J connectivity index is 1.65. The lowest BCUT2D eigenvalue weighted by molar-refractivity contribution is -0.122. The van der Waals surface area contributed by atoms with Crippen molar-refractivity contribution in [1.82, 2.24) is 4.90 Å². The number of imide groups is 1. The Bertz CT molecular complexity index is 1230. The van der Waals surface area contributed by atoms with E-state index in [4.69, 9.17) is 9.47 Å². The van der Waals surface area contributed by atoms with E-state index in [1.807, 2.05) is 6.92 Å². The van der Waals surface area contributed by atoms with E-state index in [0.29, 0.717) is 23.8 Å². The van der Waals surface area contributed by atoms with Gasteiger partial charge in [-0.15, -0.1) is 0 Å². The van der Waals surface area contributed by atoms with Crippen molar-refractivity contribution in [1.29, 1.82) is 0 Å². The molecule has 1 unspecified atom stereocenters. The number of amides is 3. The number of carbonyl (C=O) groups excluding carboxylic acids is 3. The molecule has 0 N–H and O–H groups in total. The molecule has 0 aliphatic carbocycles. The van der Waals surface area contributed by atoms with Gasteiger partial charge in [-0.05, 0) is 67.1 Å². The molecule has 1 heterocycles. The largest absolute Gasteiger partial charge is 0.497 e. The van der Waals surface area contributed by atoms with Crippen molar-refractivity contribution < 1.29 is 28.2 Å². The van der Waals surface area contributed by atoms with Crippen LogP contribution < -0.4 is 14.4 Å². The maximum absolute atomic E-state index is 13.9. The summed E-state index contributed by atoms with van der Waals surface area (Å²) in [5.74, 6) is -0.779. The van der Waals surface area contributed by atoms with Gasteiger partial charge in [0.15, 0.2) is 0 Å². The first-order valence-electron chi connectivity index (χ1n) is 11.2. The Hall–Kier alpha value is -4.20. The zero-order chi connectivity index (χ0) is 24.9. The average Bonchev–Trinajstić information content (AvgIpc) is 3.16. The molecule has 1 saturated heterocycles. The van der Waals surface area contributed by atoms with E-state index >= 15 is 0 Å². The number of anilines is 1. The van der Waals surface area contributed by atoms with Crippen molar-refractivity contribution >= 4 is 23.4 Å². The zero-order valence-corrected chi connectivity index (χ0v) is 19.4. The molecule has 7 nitrogen and oxygen atoms in total. The zero-order valence-electron chi connectivity index (χ0n) is 19.4. The summed E-state index contributed by atoms with van der Waals surface area (Å²) in [5.41, 5.74) is 1.22. The molecule has 3 aromatic carbocycles. The summed E-state index contributed by atoms with van der Waals surface area (Å²) >= 11 is 0. The maximum Gasteiger partial charge on any atom is 0.257 e. The predicted molar refractivity (Wildman–Crippen MR) is 128 cm³/mol. The van der Waals surface area contributed by atoms with Gasteiger partial charge in [0.25, 0.3) is 11.8 Å². The van der Waals surface area contributed by atoms with Crippen LogP contribution in [0.1, 0.15) is 29.3 Å². The van der Waals surface area contributed by atoms with Crippen LogP contribution in [0.15, 0.2) is 72.8 Å². The summed E-state index contributed by atoms with van der Waals surface area (Å²) in [4.78, 5) is 42.2. The smallest absolute Gasteiger partial charge is 0.257 e. The second kappa shape index (κ2) is 10.4. The van der Waals surface area contributed by atoms with E-state index in [1.54, 1.807) is 55.6 Å². The number of hydrogen-bond donors (Lipinski definition) is 0. The number of ether oxygens (including phenoxy) is 2. The maximum atomic E-state index is 13.9. The summed E-state index contributed by atoms with van der Waals surface area (Å²) in [7, 11) is 1.55. The van der Waals surface area contributed by atoms with Gasteiger partial charge >= 0.3 is 0 Å². The lowest BCUT2D eigenvalue weighted by Gasteiger charge is -2.28. The highest BCUT2D eigenvalue weighted by Crippen LogP contribution is 2.29. The van der Waals surface area contributed by atoms with Gasteiger partial charge in [-0.25, -0.2) is 9.29 Å². The van der Waals surface area contributed by atoms with E-state index in [9.17, 15) is 18.8 Å². The van der Waals surface area contributed by atoms with Crippen LogP contribution in [-0.2, 0) is 16.1 Å². The van der Waals surface area contributed by atoms with Crippen molar-refractivity contribution in [3.63, 3.8) is 0 Å². The molecule has 1 atom stereocenters. The quantitative estimate of drug-likeness (QED) is 0.456. The molecule has 8 heteroatoms. The highest BCUT2D eigenvalue weighted by molar-refractivity contribution is 6.23. The van der Waals surface area contributed by atoms with Gasteiger partial charge in [-0.2, -0.15) is 0 Å². The second-order valence-electron chi connectivity index (χ2n) is 8.01. The summed E-state index contributed by atoms with van der Waals surface area (Å²) in [5, 5.41) is 0. The molecule has 0 spiro atoms. The molecule has 1 aliphatic rings. The molecule has 0 radical (unpaired) electrons. The van der Waals surface area contributed by atoms with Crippen molar-refractivity contribution in [2.24, 2.45) is 0 Å². The van der Waals surface area contributed by atoms with Crippen LogP contribution in [0.5, 0.6) is 11.5 Å². The minimum Gasteiger partial charge on any atom is -0.497 e. The van der Waals surface area contributed by atoms with Gasteiger partial charge in [-0.3, -0.25) is 14.4 Å². The number of carbonyl (C=O) groups is 3. The Kier molecular flexibility index (Phi) is 7.10. The Labute approximate surface area is 202 Å². The SMILES string of the molecule is CCOc1ccc(N2C(=O)CC(N(Cc3ccc(OC)cc3)C(=O)c3cccc(F)c3)C2=O)cc1. The van der Waals surface area contributed by atoms with Gasteiger partial charge in [0, 0.05) is 12.1 Å². The molecule has 0 aromatic heterocycles. The molecule has 35 heavy (non-hydrogen) atoms. The fourth-order valence-corrected chi connectivity index (χ4v) is 4.03. The normalized spacial score (nSPS) is 15.3. The molecule has 1 fully saturated rings. The highest BCUT2D eigenvalue weighted by atomic mass is 19.1. The monoisotopic (exact) mass is 476 g/mol. The third-order valence-electron chi connectivity index (χ3n) is 5.75. The number of nitrogens with zero attached hydrogens (tertiary/aromatic N) is 2. The van der Waals surface area contributed by atoms with E-state index in [0.717, 1.165) is 16.5 Å². The minimum atomic E-state index is -1.04. The lowest BCUT2D eigenvalue weighted by Crippen LogP contribution is -2.45. The van der Waals surface area contributed by atoms with Crippen LogP contribution in [0.4, 0.5) is 10.1 Å². The molecule has 1 aliphatic heterocycles. The summed E-state index contributed by atoms with van der Waals surface area (Å²) in [6.45, 7) is 2.41. The average molecular weight is 477 g/mol. The standard InChI is InChI=1S/C27H25FN2O5/c1-3-35-23-13-9-21(10-14-23)30-25(31)16-24(27(30)33)29(17-18-7-11-22(34-2)12-8-18)26(32)19-5-4-6-20(28)15-19/h4-15,24H,3,16-17H2,1-2H3. The molecule has 180 valence electrons. The van der Waals surface area contributed by atoms with Crippen LogP contribution in [0.3, 0.4) is 0 Å².